The fourth-order valence-corrected chi connectivity index (χ4v) is 2.04. The fraction of sp³-hybridized carbons (Fsp3) is 0.500. The fourth-order valence-electron chi connectivity index (χ4n) is 1.38. The summed E-state index contributed by atoms with van der Waals surface area (Å²) in [6.07, 6.45) is 0. The van der Waals surface area contributed by atoms with E-state index in [0.717, 1.165) is 19.6 Å². The van der Waals surface area contributed by atoms with Gasteiger partial charge >= 0.3 is 0 Å². The molecule has 1 saturated heterocycles. The summed E-state index contributed by atoms with van der Waals surface area (Å²) in [6.45, 7) is 3.21. The van der Waals surface area contributed by atoms with Crippen molar-refractivity contribution in [3.63, 3.8) is 0 Å². The Morgan fingerprint density at radius 1 is 1.64 bits per heavy atom. The second-order valence-electron chi connectivity index (χ2n) is 3.09. The number of thiophene rings is 1. The third kappa shape index (κ3) is 1.61. The number of rotatable bonds is 2. The van der Waals surface area contributed by atoms with Gasteiger partial charge in [0.25, 0.3) is 0 Å². The van der Waals surface area contributed by atoms with E-state index in [1.54, 1.807) is 11.3 Å². The lowest BCUT2D eigenvalue weighted by atomic mass is 10.1. The van der Waals surface area contributed by atoms with Gasteiger partial charge in [0, 0.05) is 25.7 Å². The molecular weight excluding hydrogens is 156 g/mol. The van der Waals surface area contributed by atoms with Crippen LogP contribution in [0.25, 0.3) is 0 Å². The Morgan fingerprint density at radius 2 is 2.45 bits per heavy atom. The van der Waals surface area contributed by atoms with Crippen LogP contribution in [0, 0.1) is 0 Å². The van der Waals surface area contributed by atoms with Crippen LogP contribution < -0.4 is 5.73 Å². The van der Waals surface area contributed by atoms with E-state index in [-0.39, 0.29) is 0 Å². The molecule has 1 fully saturated rings. The molecule has 0 spiro atoms. The molecule has 0 bridgehead atoms. The van der Waals surface area contributed by atoms with Crippen LogP contribution >= 0.6 is 11.3 Å². The van der Waals surface area contributed by atoms with Gasteiger partial charge in [0.15, 0.2) is 0 Å². The van der Waals surface area contributed by atoms with Gasteiger partial charge in [-0.3, -0.25) is 4.90 Å². The van der Waals surface area contributed by atoms with Gasteiger partial charge in [-0.1, -0.05) is 0 Å². The molecule has 1 aromatic heterocycles. The van der Waals surface area contributed by atoms with Crippen LogP contribution in [-0.4, -0.2) is 24.0 Å². The second kappa shape index (κ2) is 2.93. The Kier molecular flexibility index (Phi) is 1.94. The maximum atomic E-state index is 5.66. The van der Waals surface area contributed by atoms with Crippen LogP contribution in [0.4, 0.5) is 0 Å². The standard InChI is InChI=1S/C8H12N2S/c9-8-4-10(5-8)3-7-1-2-11-6-7/h1-2,6,8H,3-5,9H2. The lowest BCUT2D eigenvalue weighted by molar-refractivity contribution is 0.142. The number of hydrogen-bond acceptors (Lipinski definition) is 3. The Bertz CT molecular complexity index is 214. The monoisotopic (exact) mass is 168 g/mol. The number of nitrogens with zero attached hydrogens (tertiary/aromatic N) is 1. The van der Waals surface area contributed by atoms with Crippen molar-refractivity contribution in [1.29, 1.82) is 0 Å². The first-order valence-corrected chi connectivity index (χ1v) is 4.78. The van der Waals surface area contributed by atoms with Gasteiger partial charge in [-0.15, -0.1) is 0 Å². The Balaban J connectivity index is 1.84. The van der Waals surface area contributed by atoms with Gasteiger partial charge in [-0.25, -0.2) is 0 Å². The number of hydrogen-bond donors (Lipinski definition) is 1. The van der Waals surface area contributed by atoms with E-state index in [2.05, 4.69) is 21.7 Å². The molecule has 0 unspecified atom stereocenters. The minimum absolute atomic E-state index is 0.425. The van der Waals surface area contributed by atoms with Crippen molar-refractivity contribution in [2.75, 3.05) is 13.1 Å². The molecule has 1 aromatic rings. The zero-order valence-corrected chi connectivity index (χ0v) is 7.18. The highest BCUT2D eigenvalue weighted by Gasteiger charge is 2.22. The summed E-state index contributed by atoms with van der Waals surface area (Å²) in [7, 11) is 0. The average molecular weight is 168 g/mol. The van der Waals surface area contributed by atoms with E-state index < -0.39 is 0 Å². The smallest absolute Gasteiger partial charge is 0.0297 e. The van der Waals surface area contributed by atoms with Crippen molar-refractivity contribution >= 4 is 11.3 Å². The molecule has 1 aliphatic rings. The minimum atomic E-state index is 0.425. The first-order chi connectivity index (χ1) is 5.34. The first-order valence-electron chi connectivity index (χ1n) is 3.83. The van der Waals surface area contributed by atoms with Crippen molar-refractivity contribution in [2.45, 2.75) is 12.6 Å². The molecule has 0 amide bonds. The molecule has 2 rings (SSSR count). The molecule has 0 saturated carbocycles. The highest BCUT2D eigenvalue weighted by atomic mass is 32.1. The third-order valence-electron chi connectivity index (χ3n) is 1.97. The molecule has 0 aromatic carbocycles. The summed E-state index contributed by atoms with van der Waals surface area (Å²) in [6, 6.07) is 2.60. The van der Waals surface area contributed by atoms with Crippen molar-refractivity contribution in [1.82, 2.24) is 4.90 Å². The first kappa shape index (κ1) is 7.28. The van der Waals surface area contributed by atoms with E-state index in [1.807, 2.05) is 0 Å². The van der Waals surface area contributed by atoms with E-state index in [9.17, 15) is 0 Å². The average Bonchev–Trinajstić information content (AvgIpc) is 2.36. The summed E-state index contributed by atoms with van der Waals surface area (Å²) >= 11 is 1.76. The topological polar surface area (TPSA) is 29.3 Å². The van der Waals surface area contributed by atoms with Gasteiger partial charge < -0.3 is 5.73 Å². The van der Waals surface area contributed by atoms with Gasteiger partial charge in [-0.05, 0) is 22.4 Å². The predicted molar refractivity (Wildman–Crippen MR) is 47.6 cm³/mol. The maximum Gasteiger partial charge on any atom is 0.0297 e. The molecule has 60 valence electrons. The Hall–Kier alpha value is -0.380. The van der Waals surface area contributed by atoms with Gasteiger partial charge in [0.1, 0.15) is 0 Å². The molecule has 0 atom stereocenters. The lowest BCUT2D eigenvalue weighted by Crippen LogP contribution is -2.54. The number of likely N-dealkylation sites (tertiary alicyclic amines) is 1. The van der Waals surface area contributed by atoms with Crippen LogP contribution in [0.15, 0.2) is 16.8 Å². The highest BCUT2D eigenvalue weighted by Crippen LogP contribution is 2.13. The number of nitrogens with two attached hydrogens (primary N) is 1. The summed E-state index contributed by atoms with van der Waals surface area (Å²) < 4.78 is 0. The van der Waals surface area contributed by atoms with Crippen LogP contribution in [0.3, 0.4) is 0 Å². The zero-order valence-electron chi connectivity index (χ0n) is 6.36. The summed E-state index contributed by atoms with van der Waals surface area (Å²) in [5.74, 6) is 0. The van der Waals surface area contributed by atoms with Crippen LogP contribution in [0.2, 0.25) is 0 Å². The van der Waals surface area contributed by atoms with Crippen LogP contribution in [0.1, 0.15) is 5.56 Å². The molecule has 1 aliphatic heterocycles. The highest BCUT2D eigenvalue weighted by molar-refractivity contribution is 7.07. The van der Waals surface area contributed by atoms with Gasteiger partial charge in [0.2, 0.25) is 0 Å². The summed E-state index contributed by atoms with van der Waals surface area (Å²) in [5.41, 5.74) is 7.08. The molecule has 0 aliphatic carbocycles. The van der Waals surface area contributed by atoms with E-state index in [1.165, 1.54) is 5.56 Å². The molecule has 3 heteroatoms. The molecule has 0 radical (unpaired) electrons. The second-order valence-corrected chi connectivity index (χ2v) is 3.87. The van der Waals surface area contributed by atoms with E-state index in [0.29, 0.717) is 6.04 Å². The zero-order chi connectivity index (χ0) is 7.68. The van der Waals surface area contributed by atoms with Crippen molar-refractivity contribution in [3.8, 4) is 0 Å². The minimum Gasteiger partial charge on any atom is -0.325 e. The Morgan fingerprint density at radius 3 is 3.00 bits per heavy atom. The van der Waals surface area contributed by atoms with E-state index >= 15 is 0 Å². The summed E-state index contributed by atoms with van der Waals surface area (Å²) in [4.78, 5) is 2.37. The lowest BCUT2D eigenvalue weighted by Gasteiger charge is -2.36. The maximum absolute atomic E-state index is 5.66. The van der Waals surface area contributed by atoms with Crippen molar-refractivity contribution in [2.24, 2.45) is 5.73 Å². The SMILES string of the molecule is NC1CN(Cc2ccsc2)C1. The van der Waals surface area contributed by atoms with Crippen molar-refractivity contribution in [3.05, 3.63) is 22.4 Å². The molecule has 11 heavy (non-hydrogen) atoms. The van der Waals surface area contributed by atoms with E-state index in [4.69, 9.17) is 5.73 Å². The normalized spacial score (nSPS) is 20.1. The van der Waals surface area contributed by atoms with Gasteiger partial charge in [-0.2, -0.15) is 11.3 Å². The quantitative estimate of drug-likeness (QED) is 0.710. The third-order valence-corrected chi connectivity index (χ3v) is 2.70. The van der Waals surface area contributed by atoms with Crippen LogP contribution in [-0.2, 0) is 6.54 Å². The van der Waals surface area contributed by atoms with Gasteiger partial charge in [0.05, 0.1) is 0 Å². The van der Waals surface area contributed by atoms with Crippen LogP contribution in [0.5, 0.6) is 0 Å². The van der Waals surface area contributed by atoms with Crippen molar-refractivity contribution < 1.29 is 0 Å². The largest absolute Gasteiger partial charge is 0.325 e. The Labute approximate surface area is 70.6 Å². The molecule has 2 N–H and O–H groups in total. The molecular formula is C8H12N2S. The predicted octanol–water partition coefficient (Wildman–Crippen LogP) is 0.891. The molecule has 2 nitrogen and oxygen atoms in total. The summed E-state index contributed by atoms with van der Waals surface area (Å²) in [5, 5.41) is 4.32. The molecule has 2 heterocycles.